The fourth-order valence-corrected chi connectivity index (χ4v) is 3.80. The number of fused-ring (bicyclic) bond motifs is 4. The highest BCUT2D eigenvalue weighted by atomic mass is 35.5. The zero-order valence-electron chi connectivity index (χ0n) is 10.7. The summed E-state index contributed by atoms with van der Waals surface area (Å²) in [5, 5.41) is 2.33. The molecule has 1 aliphatic heterocycles. The van der Waals surface area contributed by atoms with Gasteiger partial charge in [0.25, 0.3) is 0 Å². The maximum absolute atomic E-state index is 11.0. The fourth-order valence-electron chi connectivity index (χ4n) is 2.42. The van der Waals surface area contributed by atoms with Crippen molar-refractivity contribution in [2.45, 2.75) is 0 Å². The van der Waals surface area contributed by atoms with Gasteiger partial charge >= 0.3 is 0 Å². The molecule has 2 aromatic heterocycles. The molecule has 2 aromatic rings. The van der Waals surface area contributed by atoms with Crippen LogP contribution < -0.4 is 14.5 Å². The highest BCUT2D eigenvalue weighted by molar-refractivity contribution is 7.08. The Kier molecular flexibility index (Phi) is 2.80. The number of aromatic nitrogens is 1. The summed E-state index contributed by atoms with van der Waals surface area (Å²) < 4.78 is 7.72. The molecule has 0 aromatic carbocycles. The van der Waals surface area contributed by atoms with Crippen LogP contribution >= 0.6 is 22.9 Å². The first-order valence-corrected chi connectivity index (χ1v) is 7.47. The zero-order valence-corrected chi connectivity index (χ0v) is 12.2. The van der Waals surface area contributed by atoms with Crippen molar-refractivity contribution in [3.8, 4) is 5.75 Å². The number of aldehydes is 1. The van der Waals surface area contributed by atoms with E-state index in [1.807, 2.05) is 24.3 Å². The lowest BCUT2D eigenvalue weighted by atomic mass is 10.2. The molecule has 0 radical (unpaired) electrons. The minimum atomic E-state index is 0.389. The number of allylic oxidation sites excluding steroid dienone is 2. The van der Waals surface area contributed by atoms with E-state index in [-0.39, 0.29) is 0 Å². The Labute approximate surface area is 128 Å². The van der Waals surface area contributed by atoms with Crippen molar-refractivity contribution in [3.05, 3.63) is 61.4 Å². The maximum Gasteiger partial charge on any atom is 0.168 e. The summed E-state index contributed by atoms with van der Waals surface area (Å²) in [5.41, 5.74) is 1.37. The fraction of sp³-hybridized carbons (Fsp3) is 0. The number of halogens is 1. The summed E-state index contributed by atoms with van der Waals surface area (Å²) in [5.74, 6) is 0.829. The first kappa shape index (κ1) is 12.6. The van der Waals surface area contributed by atoms with Gasteiger partial charge in [-0.15, -0.1) is 11.3 Å². The van der Waals surface area contributed by atoms with Crippen LogP contribution in [-0.4, -0.2) is 11.3 Å². The van der Waals surface area contributed by atoms with Crippen LogP contribution in [0.25, 0.3) is 17.2 Å². The average Bonchev–Trinajstić information content (AvgIpc) is 2.84. The van der Waals surface area contributed by atoms with E-state index in [0.717, 1.165) is 37.1 Å². The van der Waals surface area contributed by atoms with Crippen LogP contribution in [0.5, 0.6) is 5.75 Å². The smallest absolute Gasteiger partial charge is 0.168 e. The molecule has 3 heterocycles. The van der Waals surface area contributed by atoms with E-state index in [0.29, 0.717) is 10.7 Å². The molecule has 102 valence electrons. The minimum absolute atomic E-state index is 0.389. The molecule has 0 fully saturated rings. The number of pyridine rings is 1. The molecule has 5 heteroatoms. The van der Waals surface area contributed by atoms with Crippen molar-refractivity contribution in [2.75, 3.05) is 0 Å². The molecule has 0 spiro atoms. The third kappa shape index (κ3) is 1.87. The summed E-state index contributed by atoms with van der Waals surface area (Å²) in [7, 11) is 0. The van der Waals surface area contributed by atoms with Crippen molar-refractivity contribution < 1.29 is 9.53 Å². The predicted octanol–water partition coefficient (Wildman–Crippen LogP) is 2.30. The van der Waals surface area contributed by atoms with Gasteiger partial charge in [-0.05, 0) is 30.4 Å². The Hall–Kier alpha value is -2.17. The maximum atomic E-state index is 11.0. The summed E-state index contributed by atoms with van der Waals surface area (Å²) in [4.78, 5) is 15.1. The summed E-state index contributed by atoms with van der Waals surface area (Å²) in [6, 6.07) is 1.77. The monoisotopic (exact) mass is 313 g/mol. The number of carbonyl (C=O) groups excluding carboxylic acids is 1. The molecule has 0 saturated carbocycles. The molecular formula is C16H8ClNO2S. The molecular weight excluding hydrogens is 306 g/mol. The van der Waals surface area contributed by atoms with E-state index >= 15 is 0 Å². The predicted molar refractivity (Wildman–Crippen MR) is 83.4 cm³/mol. The number of hydrogen-bond acceptors (Lipinski definition) is 4. The number of nitrogens with zero attached hydrogens (tertiary/aromatic N) is 1. The first-order chi connectivity index (χ1) is 10.3. The minimum Gasteiger partial charge on any atom is -0.463 e. The standard InChI is InChI=1S/C16H8ClNO2S/c17-13-4-3-10-15-14(2-1-5-20-15)21-16(10)11-6-9(8-19)18-7-12(11)13/h1-8H. The molecule has 0 atom stereocenters. The highest BCUT2D eigenvalue weighted by Gasteiger charge is 2.13. The lowest BCUT2D eigenvalue weighted by molar-refractivity contribution is 0.111. The van der Waals surface area contributed by atoms with Gasteiger partial charge in [-0.3, -0.25) is 9.78 Å². The third-order valence-corrected chi connectivity index (χ3v) is 4.90. The van der Waals surface area contributed by atoms with E-state index in [9.17, 15) is 4.79 Å². The Bertz CT molecular complexity index is 1050. The van der Waals surface area contributed by atoms with Gasteiger partial charge in [0.15, 0.2) is 12.0 Å². The van der Waals surface area contributed by atoms with E-state index in [2.05, 4.69) is 4.98 Å². The summed E-state index contributed by atoms with van der Waals surface area (Å²) in [6.07, 6.45) is 11.7. The molecule has 0 N–H and O–H groups in total. The summed E-state index contributed by atoms with van der Waals surface area (Å²) in [6.45, 7) is 0. The molecule has 4 rings (SSSR count). The molecule has 0 saturated heterocycles. The van der Waals surface area contributed by atoms with Crippen LogP contribution in [0.2, 0.25) is 0 Å². The first-order valence-electron chi connectivity index (χ1n) is 6.28. The second kappa shape index (κ2) is 4.69. The quantitative estimate of drug-likeness (QED) is 0.758. The zero-order chi connectivity index (χ0) is 14.4. The van der Waals surface area contributed by atoms with Gasteiger partial charge in [-0.2, -0.15) is 0 Å². The van der Waals surface area contributed by atoms with Crippen molar-refractivity contribution in [3.63, 3.8) is 0 Å². The van der Waals surface area contributed by atoms with E-state index < -0.39 is 0 Å². The van der Waals surface area contributed by atoms with Crippen LogP contribution in [0.3, 0.4) is 0 Å². The number of rotatable bonds is 1. The van der Waals surface area contributed by atoms with Crippen molar-refractivity contribution >= 4 is 46.4 Å². The Balaban J connectivity index is 2.31. The SMILES string of the molecule is O=Cc1cc2c(cn1)=C(Cl)C=Cc1c3c(sc1=2)=CC=CO3. The van der Waals surface area contributed by atoms with Gasteiger partial charge in [-0.25, -0.2) is 0 Å². The van der Waals surface area contributed by atoms with Crippen LogP contribution in [-0.2, 0) is 0 Å². The van der Waals surface area contributed by atoms with Gasteiger partial charge in [0, 0.05) is 26.7 Å². The van der Waals surface area contributed by atoms with Gasteiger partial charge < -0.3 is 4.74 Å². The normalized spacial score (nSPS) is 14.4. The number of hydrogen-bond donors (Lipinski definition) is 0. The van der Waals surface area contributed by atoms with Gasteiger partial charge in [-0.1, -0.05) is 11.6 Å². The van der Waals surface area contributed by atoms with Crippen LogP contribution in [0.4, 0.5) is 0 Å². The van der Waals surface area contributed by atoms with Crippen molar-refractivity contribution in [2.24, 2.45) is 0 Å². The number of carbonyl (C=O) groups is 1. The van der Waals surface area contributed by atoms with Gasteiger partial charge in [0.05, 0.1) is 15.8 Å². The largest absolute Gasteiger partial charge is 0.463 e. The molecule has 2 aliphatic rings. The van der Waals surface area contributed by atoms with Crippen LogP contribution in [0.15, 0.2) is 30.7 Å². The molecule has 21 heavy (non-hydrogen) atoms. The number of thiophene rings is 1. The second-order valence-electron chi connectivity index (χ2n) is 4.61. The Morgan fingerprint density at radius 3 is 3.05 bits per heavy atom. The lowest BCUT2D eigenvalue weighted by Crippen LogP contribution is -2.08. The highest BCUT2D eigenvalue weighted by Crippen LogP contribution is 2.26. The number of ether oxygens (including phenoxy) is 1. The Morgan fingerprint density at radius 1 is 1.29 bits per heavy atom. The summed E-state index contributed by atoms with van der Waals surface area (Å²) >= 11 is 7.94. The second-order valence-corrected chi connectivity index (χ2v) is 6.06. The third-order valence-electron chi connectivity index (χ3n) is 3.38. The van der Waals surface area contributed by atoms with Crippen molar-refractivity contribution in [1.29, 1.82) is 0 Å². The van der Waals surface area contributed by atoms with E-state index in [1.54, 1.807) is 29.9 Å². The van der Waals surface area contributed by atoms with Crippen LogP contribution in [0.1, 0.15) is 16.1 Å². The lowest BCUT2D eigenvalue weighted by Gasteiger charge is -2.01. The molecule has 0 unspecified atom stereocenters. The van der Waals surface area contributed by atoms with E-state index in [4.69, 9.17) is 16.3 Å². The topological polar surface area (TPSA) is 39.2 Å². The van der Waals surface area contributed by atoms with E-state index in [1.165, 1.54) is 0 Å². The van der Waals surface area contributed by atoms with Gasteiger partial charge in [0.1, 0.15) is 5.69 Å². The molecule has 0 amide bonds. The van der Waals surface area contributed by atoms with Gasteiger partial charge in [0.2, 0.25) is 0 Å². The Morgan fingerprint density at radius 2 is 2.19 bits per heavy atom. The molecule has 1 aliphatic carbocycles. The molecule has 3 nitrogen and oxygen atoms in total. The molecule has 0 bridgehead atoms. The van der Waals surface area contributed by atoms with Crippen molar-refractivity contribution in [1.82, 2.24) is 4.98 Å². The average molecular weight is 314 g/mol. The van der Waals surface area contributed by atoms with Crippen LogP contribution in [0, 0.1) is 9.75 Å².